The Morgan fingerprint density at radius 3 is 2.41 bits per heavy atom. The predicted molar refractivity (Wildman–Crippen MR) is 151 cm³/mol. The Morgan fingerprint density at radius 1 is 1.05 bits per heavy atom. The smallest absolute Gasteiger partial charge is 0.338 e. The molecule has 3 heterocycles. The second-order valence-corrected chi connectivity index (χ2v) is 13.4. The van der Waals surface area contributed by atoms with Crippen LogP contribution in [0.1, 0.15) is 40.1 Å². The number of anilines is 1. The lowest BCUT2D eigenvalue weighted by Gasteiger charge is -2.43. The van der Waals surface area contributed by atoms with Crippen LogP contribution in [0, 0.1) is 33.5 Å². The molecule has 7 nitrogen and oxygen atoms in total. The van der Waals surface area contributed by atoms with Crippen LogP contribution in [0.3, 0.4) is 0 Å². The number of thiazole rings is 1. The third-order valence-electron chi connectivity index (χ3n) is 8.84. The number of rotatable bonds is 5. The first-order chi connectivity index (χ1) is 18.9. The Hall–Kier alpha value is -2.95. The van der Waals surface area contributed by atoms with Gasteiger partial charge in [0, 0.05) is 16.0 Å². The SMILES string of the molecule is CCOC(=O)c1ccc(N2C(=O)C3C4CC(C3C2=O)C2C(c3ccc(OC)cc3)c3sc(=S)[nH]c3SC42)cc1. The number of carbonyl (C=O) groups excluding carboxylic acids is 3. The molecule has 1 N–H and O–H groups in total. The van der Waals surface area contributed by atoms with Gasteiger partial charge in [0.25, 0.3) is 0 Å². The molecule has 3 aromatic rings. The summed E-state index contributed by atoms with van der Waals surface area (Å²) in [5, 5.41) is 1.32. The van der Waals surface area contributed by atoms with Crippen LogP contribution in [0.25, 0.3) is 0 Å². The van der Waals surface area contributed by atoms with E-state index in [2.05, 4.69) is 17.1 Å². The molecule has 3 fully saturated rings. The van der Waals surface area contributed by atoms with Gasteiger partial charge in [-0.3, -0.25) is 14.5 Å². The number of aromatic nitrogens is 1. The van der Waals surface area contributed by atoms with E-state index >= 15 is 0 Å². The normalized spacial score (nSPS) is 30.2. The van der Waals surface area contributed by atoms with Crippen LogP contribution in [0.15, 0.2) is 53.6 Å². The number of benzene rings is 2. The van der Waals surface area contributed by atoms with Crippen molar-refractivity contribution in [2.75, 3.05) is 18.6 Å². The molecule has 7 atom stereocenters. The molecule has 4 aliphatic rings. The molecular formula is C29H26N2O5S3. The van der Waals surface area contributed by atoms with Crippen molar-refractivity contribution in [1.29, 1.82) is 0 Å². The van der Waals surface area contributed by atoms with E-state index in [1.54, 1.807) is 61.4 Å². The third-order valence-corrected chi connectivity index (χ3v) is 11.8. The molecule has 2 bridgehead atoms. The molecule has 2 amide bonds. The number of ether oxygens (including phenoxy) is 2. The number of imide groups is 1. The highest BCUT2D eigenvalue weighted by Crippen LogP contribution is 2.69. The van der Waals surface area contributed by atoms with Crippen LogP contribution < -0.4 is 9.64 Å². The number of methoxy groups -OCH3 is 1. The van der Waals surface area contributed by atoms with Gasteiger partial charge in [0.1, 0.15) is 5.75 Å². The van der Waals surface area contributed by atoms with Gasteiger partial charge in [0.15, 0.2) is 3.95 Å². The minimum atomic E-state index is -0.421. The highest BCUT2D eigenvalue weighted by molar-refractivity contribution is 8.00. The predicted octanol–water partition coefficient (Wildman–Crippen LogP) is 5.67. The van der Waals surface area contributed by atoms with Gasteiger partial charge in [-0.25, -0.2) is 4.79 Å². The van der Waals surface area contributed by atoms with Crippen molar-refractivity contribution < 1.29 is 23.9 Å². The Labute approximate surface area is 238 Å². The van der Waals surface area contributed by atoms with Gasteiger partial charge in [-0.15, -0.1) is 23.1 Å². The van der Waals surface area contributed by atoms with Crippen molar-refractivity contribution in [3.8, 4) is 5.75 Å². The molecule has 0 radical (unpaired) electrons. The zero-order valence-electron chi connectivity index (χ0n) is 21.3. The fourth-order valence-electron chi connectivity index (χ4n) is 7.42. The van der Waals surface area contributed by atoms with E-state index in [-0.39, 0.29) is 59.2 Å². The maximum absolute atomic E-state index is 13.9. The van der Waals surface area contributed by atoms with E-state index in [0.717, 1.165) is 21.2 Å². The second kappa shape index (κ2) is 9.31. The first-order valence-electron chi connectivity index (χ1n) is 13.1. The Bertz CT molecular complexity index is 1550. The van der Waals surface area contributed by atoms with E-state index in [1.165, 1.54) is 15.3 Å². The summed E-state index contributed by atoms with van der Waals surface area (Å²) in [7, 11) is 1.66. The van der Waals surface area contributed by atoms with E-state index < -0.39 is 5.97 Å². The van der Waals surface area contributed by atoms with Gasteiger partial charge < -0.3 is 14.5 Å². The summed E-state index contributed by atoms with van der Waals surface area (Å²) >= 11 is 8.97. The second-order valence-electron chi connectivity index (χ2n) is 10.5. The standard InChI is InChI=1S/C29H26N2O5S3/c1-3-36-28(34)14-4-8-15(9-5-14)31-26(32)21-17-12-18(22(21)27(31)33)23-20(17)19(13-6-10-16(35-2)11-7-13)24-25(38-23)30-29(37)39-24/h4-11,17-23H,3,12H2,1-2H3,(H,30,37). The van der Waals surface area contributed by atoms with Crippen molar-refractivity contribution in [2.45, 2.75) is 29.5 Å². The lowest BCUT2D eigenvalue weighted by atomic mass is 9.68. The lowest BCUT2D eigenvalue weighted by molar-refractivity contribution is -0.123. The summed E-state index contributed by atoms with van der Waals surface area (Å²) in [6.45, 7) is 2.04. The molecule has 0 spiro atoms. The van der Waals surface area contributed by atoms with Gasteiger partial charge in [-0.1, -0.05) is 12.1 Å². The van der Waals surface area contributed by atoms with E-state index in [4.69, 9.17) is 21.7 Å². The summed E-state index contributed by atoms with van der Waals surface area (Å²) in [4.78, 5) is 45.8. The molecule has 10 heteroatoms. The molecule has 7 rings (SSSR count). The molecule has 1 saturated heterocycles. The maximum Gasteiger partial charge on any atom is 0.338 e. The first kappa shape index (κ1) is 25.0. The lowest BCUT2D eigenvalue weighted by Crippen LogP contribution is -2.42. The summed E-state index contributed by atoms with van der Waals surface area (Å²) in [6, 6.07) is 14.8. The highest BCUT2D eigenvalue weighted by atomic mass is 32.2. The summed E-state index contributed by atoms with van der Waals surface area (Å²) in [5.41, 5.74) is 2.09. The summed E-state index contributed by atoms with van der Waals surface area (Å²) < 4.78 is 11.2. The zero-order chi connectivity index (χ0) is 27.0. The van der Waals surface area contributed by atoms with Crippen molar-refractivity contribution in [3.63, 3.8) is 0 Å². The van der Waals surface area contributed by atoms with Gasteiger partial charge >= 0.3 is 5.97 Å². The molecule has 39 heavy (non-hydrogen) atoms. The molecule has 2 aromatic carbocycles. The number of carbonyl (C=O) groups is 3. The highest BCUT2D eigenvalue weighted by Gasteiger charge is 2.69. The van der Waals surface area contributed by atoms with Crippen molar-refractivity contribution >= 4 is 58.8 Å². The molecule has 2 aliphatic heterocycles. The van der Waals surface area contributed by atoms with E-state index in [9.17, 15) is 14.4 Å². The first-order valence-corrected chi connectivity index (χ1v) is 15.2. The molecule has 2 saturated carbocycles. The average Bonchev–Trinajstić information content (AvgIpc) is 3.68. The minimum absolute atomic E-state index is 0.104. The fraction of sp³-hybridized carbons (Fsp3) is 0.379. The molecule has 2 aliphatic carbocycles. The maximum atomic E-state index is 13.9. The van der Waals surface area contributed by atoms with Gasteiger partial charge in [-0.05, 0) is 85.3 Å². The summed E-state index contributed by atoms with van der Waals surface area (Å²) in [5.74, 6) is 0.0464. The van der Waals surface area contributed by atoms with Crippen LogP contribution >= 0.6 is 35.3 Å². The van der Waals surface area contributed by atoms with Crippen molar-refractivity contribution in [1.82, 2.24) is 4.98 Å². The number of thioether (sulfide) groups is 1. The molecular weight excluding hydrogens is 553 g/mol. The van der Waals surface area contributed by atoms with Crippen molar-refractivity contribution in [2.24, 2.45) is 29.6 Å². The molecule has 200 valence electrons. The Kier molecular flexibility index (Phi) is 5.98. The average molecular weight is 579 g/mol. The largest absolute Gasteiger partial charge is 0.497 e. The zero-order valence-corrected chi connectivity index (χ0v) is 23.7. The number of hydrogen-bond acceptors (Lipinski definition) is 8. The van der Waals surface area contributed by atoms with E-state index in [0.29, 0.717) is 11.3 Å². The molecule has 7 unspecified atom stereocenters. The minimum Gasteiger partial charge on any atom is -0.497 e. The number of nitrogens with zero attached hydrogens (tertiary/aromatic N) is 1. The number of aromatic amines is 1. The topological polar surface area (TPSA) is 88.7 Å². The number of nitrogens with one attached hydrogen (secondary N) is 1. The quantitative estimate of drug-likeness (QED) is 0.237. The number of H-pyrrole nitrogens is 1. The number of esters is 1. The van der Waals surface area contributed by atoms with Crippen molar-refractivity contribution in [3.05, 3.63) is 68.5 Å². The number of fused-ring (bicyclic) bond motifs is 9. The third kappa shape index (κ3) is 3.68. The monoisotopic (exact) mass is 578 g/mol. The Morgan fingerprint density at radius 2 is 1.74 bits per heavy atom. The van der Waals surface area contributed by atoms with Crippen LogP contribution in [-0.4, -0.2) is 41.7 Å². The van der Waals surface area contributed by atoms with Gasteiger partial charge in [0.2, 0.25) is 11.8 Å². The van der Waals surface area contributed by atoms with E-state index in [1.807, 2.05) is 12.1 Å². The number of hydrogen-bond donors (Lipinski definition) is 1. The van der Waals surface area contributed by atoms with Crippen LogP contribution in [0.4, 0.5) is 5.69 Å². The molecule has 1 aromatic heterocycles. The Balaban J connectivity index is 1.24. The van der Waals surface area contributed by atoms with Crippen LogP contribution in [0.2, 0.25) is 0 Å². The van der Waals surface area contributed by atoms with Crippen LogP contribution in [-0.2, 0) is 14.3 Å². The number of amides is 2. The fourth-order valence-corrected chi connectivity index (χ4v) is 10.8. The van der Waals surface area contributed by atoms with Gasteiger partial charge in [0.05, 0.1) is 41.8 Å². The van der Waals surface area contributed by atoms with Crippen LogP contribution in [0.5, 0.6) is 5.75 Å². The van der Waals surface area contributed by atoms with Gasteiger partial charge in [-0.2, -0.15) is 0 Å². The summed E-state index contributed by atoms with van der Waals surface area (Å²) in [6.07, 6.45) is 0.882.